The number of nitrogens with one attached hydrogen (secondary N) is 1. The van der Waals surface area contributed by atoms with Gasteiger partial charge in [0.25, 0.3) is 0 Å². The van der Waals surface area contributed by atoms with Gasteiger partial charge < -0.3 is 5.32 Å². The molecule has 1 N–H and O–H groups in total. The van der Waals surface area contributed by atoms with Crippen LogP contribution in [0, 0.1) is 13.8 Å². The summed E-state index contributed by atoms with van der Waals surface area (Å²) < 4.78 is 2.10. The van der Waals surface area contributed by atoms with Crippen LogP contribution >= 0.6 is 0 Å². The number of pyridine rings is 1. The van der Waals surface area contributed by atoms with Crippen molar-refractivity contribution in [3.63, 3.8) is 0 Å². The fraction of sp³-hybridized carbons (Fsp3) is 0.300. The third-order valence-electron chi connectivity index (χ3n) is 4.68. The number of rotatable bonds is 2. The smallest absolute Gasteiger partial charge is 0.133 e. The lowest BCUT2D eigenvalue weighted by Crippen LogP contribution is -2.08. The molecule has 0 bridgehead atoms. The van der Waals surface area contributed by atoms with Crippen LogP contribution in [0.5, 0.6) is 0 Å². The Kier molecular flexibility index (Phi) is 3.81. The van der Waals surface area contributed by atoms with Crippen LogP contribution in [-0.2, 0) is 6.42 Å². The monoisotopic (exact) mass is 318 g/mol. The van der Waals surface area contributed by atoms with Crippen molar-refractivity contribution in [1.82, 2.24) is 14.8 Å². The first-order chi connectivity index (χ1) is 11.7. The molecule has 24 heavy (non-hydrogen) atoms. The summed E-state index contributed by atoms with van der Waals surface area (Å²) >= 11 is 0. The fourth-order valence-corrected chi connectivity index (χ4v) is 3.37. The number of fused-ring (bicyclic) bond motifs is 1. The van der Waals surface area contributed by atoms with Crippen molar-refractivity contribution in [3.05, 3.63) is 59.4 Å². The molecule has 0 atom stereocenters. The van der Waals surface area contributed by atoms with Gasteiger partial charge in [-0.25, -0.2) is 4.68 Å². The molecule has 0 saturated heterocycles. The van der Waals surface area contributed by atoms with Crippen molar-refractivity contribution in [3.8, 4) is 16.9 Å². The Labute approximate surface area is 142 Å². The first-order valence-electron chi connectivity index (χ1n) is 8.58. The van der Waals surface area contributed by atoms with Crippen LogP contribution in [0.4, 0.5) is 5.82 Å². The average molecular weight is 318 g/mol. The topological polar surface area (TPSA) is 42.7 Å². The summed E-state index contributed by atoms with van der Waals surface area (Å²) in [5, 5.41) is 8.62. The SMILES string of the molecule is Cc1ccc(C)c(-n2nc(-c3ccncc3)c3c2NCCCC3)c1. The van der Waals surface area contributed by atoms with Gasteiger partial charge in [0.2, 0.25) is 0 Å². The summed E-state index contributed by atoms with van der Waals surface area (Å²) in [6, 6.07) is 10.6. The number of anilines is 1. The zero-order chi connectivity index (χ0) is 16.5. The van der Waals surface area contributed by atoms with Gasteiger partial charge >= 0.3 is 0 Å². The summed E-state index contributed by atoms with van der Waals surface area (Å²) in [5.74, 6) is 1.15. The predicted molar refractivity (Wildman–Crippen MR) is 97.7 cm³/mol. The van der Waals surface area contributed by atoms with Gasteiger partial charge in [-0.3, -0.25) is 4.98 Å². The molecule has 122 valence electrons. The molecule has 0 amide bonds. The highest BCUT2D eigenvalue weighted by molar-refractivity contribution is 5.71. The molecule has 0 fully saturated rings. The molecule has 1 aromatic carbocycles. The summed E-state index contributed by atoms with van der Waals surface area (Å²) in [5.41, 5.74) is 7.16. The standard InChI is InChI=1S/C20H22N4/c1-14-6-7-15(2)18(13-14)24-20-17(5-3-4-10-22-20)19(23-24)16-8-11-21-12-9-16/h6-9,11-13,22H,3-5,10H2,1-2H3. The van der Waals surface area contributed by atoms with Crippen LogP contribution in [-0.4, -0.2) is 21.3 Å². The lowest BCUT2D eigenvalue weighted by Gasteiger charge is -2.12. The summed E-state index contributed by atoms with van der Waals surface area (Å²) in [6.07, 6.45) is 7.12. The second-order valence-electron chi connectivity index (χ2n) is 6.50. The van der Waals surface area contributed by atoms with Crippen molar-refractivity contribution in [2.45, 2.75) is 33.1 Å². The Hall–Kier alpha value is -2.62. The molecular formula is C20H22N4. The average Bonchev–Trinajstić information content (AvgIpc) is 2.79. The van der Waals surface area contributed by atoms with Crippen LogP contribution < -0.4 is 5.32 Å². The predicted octanol–water partition coefficient (Wildman–Crippen LogP) is 4.30. The van der Waals surface area contributed by atoms with Gasteiger partial charge in [-0.05, 0) is 62.4 Å². The number of aryl methyl sites for hydroxylation is 2. The molecule has 3 aromatic rings. The highest BCUT2D eigenvalue weighted by Crippen LogP contribution is 2.34. The van der Waals surface area contributed by atoms with Gasteiger partial charge in [0.05, 0.1) is 11.4 Å². The third kappa shape index (κ3) is 2.58. The summed E-state index contributed by atoms with van der Waals surface area (Å²) in [6.45, 7) is 5.27. The minimum atomic E-state index is 0.999. The van der Waals surface area contributed by atoms with E-state index in [1.54, 1.807) is 0 Å². The molecule has 0 aliphatic carbocycles. The Morgan fingerprint density at radius 2 is 1.88 bits per heavy atom. The zero-order valence-electron chi connectivity index (χ0n) is 14.2. The number of hydrogen-bond acceptors (Lipinski definition) is 3. The summed E-state index contributed by atoms with van der Waals surface area (Å²) in [4.78, 5) is 4.14. The van der Waals surface area contributed by atoms with E-state index in [1.165, 1.54) is 29.5 Å². The molecule has 1 aliphatic heterocycles. The van der Waals surface area contributed by atoms with Crippen LogP contribution in [0.2, 0.25) is 0 Å². The van der Waals surface area contributed by atoms with E-state index >= 15 is 0 Å². The second-order valence-corrected chi connectivity index (χ2v) is 6.50. The summed E-state index contributed by atoms with van der Waals surface area (Å²) in [7, 11) is 0. The van der Waals surface area contributed by atoms with Crippen LogP contribution in [0.1, 0.15) is 29.5 Å². The maximum atomic E-state index is 5.00. The van der Waals surface area contributed by atoms with Crippen molar-refractivity contribution >= 4 is 5.82 Å². The third-order valence-corrected chi connectivity index (χ3v) is 4.68. The minimum Gasteiger partial charge on any atom is -0.370 e. The maximum absolute atomic E-state index is 5.00. The van der Waals surface area contributed by atoms with Crippen molar-refractivity contribution < 1.29 is 0 Å². The Balaban J connectivity index is 1.95. The van der Waals surface area contributed by atoms with Gasteiger partial charge in [0, 0.05) is 30.1 Å². The first kappa shape index (κ1) is 14.9. The van der Waals surface area contributed by atoms with E-state index in [9.17, 15) is 0 Å². The van der Waals surface area contributed by atoms with Gasteiger partial charge in [-0.1, -0.05) is 12.1 Å². The number of aromatic nitrogens is 3. The molecule has 4 heteroatoms. The van der Waals surface area contributed by atoms with Gasteiger partial charge in [0.1, 0.15) is 5.82 Å². The van der Waals surface area contributed by atoms with E-state index in [0.717, 1.165) is 35.7 Å². The zero-order valence-corrected chi connectivity index (χ0v) is 14.2. The largest absolute Gasteiger partial charge is 0.370 e. The Morgan fingerprint density at radius 3 is 2.71 bits per heavy atom. The molecule has 2 aromatic heterocycles. The normalized spacial score (nSPS) is 13.9. The lowest BCUT2D eigenvalue weighted by atomic mass is 10.0. The minimum absolute atomic E-state index is 0.999. The number of nitrogens with zero attached hydrogens (tertiary/aromatic N) is 3. The highest BCUT2D eigenvalue weighted by Gasteiger charge is 2.22. The van der Waals surface area contributed by atoms with Crippen LogP contribution in [0.15, 0.2) is 42.7 Å². The van der Waals surface area contributed by atoms with Crippen molar-refractivity contribution in [2.24, 2.45) is 0 Å². The lowest BCUT2D eigenvalue weighted by molar-refractivity contribution is 0.779. The van der Waals surface area contributed by atoms with Gasteiger partial charge in [0.15, 0.2) is 0 Å². The van der Waals surface area contributed by atoms with E-state index in [-0.39, 0.29) is 0 Å². The first-order valence-corrected chi connectivity index (χ1v) is 8.58. The van der Waals surface area contributed by atoms with E-state index < -0.39 is 0 Å². The van der Waals surface area contributed by atoms with E-state index in [0.29, 0.717) is 0 Å². The molecular weight excluding hydrogens is 296 g/mol. The molecule has 0 spiro atoms. The fourth-order valence-electron chi connectivity index (χ4n) is 3.37. The molecule has 1 aliphatic rings. The van der Waals surface area contributed by atoms with Gasteiger partial charge in [-0.15, -0.1) is 0 Å². The van der Waals surface area contributed by atoms with E-state index in [1.807, 2.05) is 24.5 Å². The molecule has 0 radical (unpaired) electrons. The highest BCUT2D eigenvalue weighted by atomic mass is 15.3. The number of hydrogen-bond donors (Lipinski definition) is 1. The van der Waals surface area contributed by atoms with Crippen LogP contribution in [0.3, 0.4) is 0 Å². The quantitative estimate of drug-likeness (QED) is 0.766. The second kappa shape index (κ2) is 6.11. The molecule has 0 saturated carbocycles. The molecule has 3 heterocycles. The van der Waals surface area contributed by atoms with E-state index in [4.69, 9.17) is 5.10 Å². The van der Waals surface area contributed by atoms with E-state index in [2.05, 4.69) is 47.0 Å². The van der Waals surface area contributed by atoms with Gasteiger partial charge in [-0.2, -0.15) is 5.10 Å². The Morgan fingerprint density at radius 1 is 1.04 bits per heavy atom. The molecule has 4 nitrogen and oxygen atoms in total. The molecule has 0 unspecified atom stereocenters. The van der Waals surface area contributed by atoms with Crippen molar-refractivity contribution in [2.75, 3.05) is 11.9 Å². The van der Waals surface area contributed by atoms with Crippen LogP contribution in [0.25, 0.3) is 16.9 Å². The van der Waals surface area contributed by atoms with Crippen molar-refractivity contribution in [1.29, 1.82) is 0 Å². The maximum Gasteiger partial charge on any atom is 0.133 e. The molecule has 4 rings (SSSR count). The number of benzene rings is 1. The Bertz CT molecular complexity index is 865.